The van der Waals surface area contributed by atoms with Gasteiger partial charge in [0.15, 0.2) is 5.76 Å². The van der Waals surface area contributed by atoms with E-state index in [0.29, 0.717) is 0 Å². The SMILES string of the molecule is Cc1cc([C@@H]2CC[C@@H](CF)N2C)on1. The Bertz CT molecular complexity index is 313. The maximum Gasteiger partial charge on any atom is 0.154 e. The lowest BCUT2D eigenvalue weighted by molar-refractivity contribution is 0.183. The second-order valence-electron chi connectivity index (χ2n) is 3.94. The summed E-state index contributed by atoms with van der Waals surface area (Å²) in [4.78, 5) is 2.04. The first-order chi connectivity index (χ1) is 6.72. The lowest BCUT2D eigenvalue weighted by Crippen LogP contribution is -2.28. The van der Waals surface area contributed by atoms with Gasteiger partial charge in [0.25, 0.3) is 0 Å². The molecule has 0 N–H and O–H groups in total. The minimum Gasteiger partial charge on any atom is -0.359 e. The van der Waals surface area contributed by atoms with E-state index in [1.807, 2.05) is 24.9 Å². The number of nitrogens with zero attached hydrogens (tertiary/aromatic N) is 2. The van der Waals surface area contributed by atoms with Gasteiger partial charge in [0.2, 0.25) is 0 Å². The highest BCUT2D eigenvalue weighted by Crippen LogP contribution is 2.34. The zero-order valence-corrected chi connectivity index (χ0v) is 8.53. The summed E-state index contributed by atoms with van der Waals surface area (Å²) in [5.74, 6) is 0.862. The minimum atomic E-state index is -0.278. The molecule has 4 heteroatoms. The fourth-order valence-electron chi connectivity index (χ4n) is 2.08. The van der Waals surface area contributed by atoms with E-state index in [4.69, 9.17) is 4.52 Å². The van der Waals surface area contributed by atoms with Crippen molar-refractivity contribution in [3.63, 3.8) is 0 Å². The van der Waals surface area contributed by atoms with E-state index < -0.39 is 0 Å². The molecule has 2 atom stereocenters. The van der Waals surface area contributed by atoms with Crippen LogP contribution < -0.4 is 0 Å². The Balaban J connectivity index is 2.13. The van der Waals surface area contributed by atoms with Crippen molar-refractivity contribution in [2.24, 2.45) is 0 Å². The van der Waals surface area contributed by atoms with Crippen molar-refractivity contribution in [3.8, 4) is 0 Å². The van der Waals surface area contributed by atoms with Crippen molar-refractivity contribution in [2.75, 3.05) is 13.7 Å². The van der Waals surface area contributed by atoms with Crippen molar-refractivity contribution in [1.29, 1.82) is 0 Å². The minimum absolute atomic E-state index is 0.0467. The summed E-state index contributed by atoms with van der Waals surface area (Å²) in [7, 11) is 1.94. The van der Waals surface area contributed by atoms with E-state index in [0.717, 1.165) is 24.3 Å². The fourth-order valence-corrected chi connectivity index (χ4v) is 2.08. The third-order valence-electron chi connectivity index (χ3n) is 2.99. The molecule has 0 radical (unpaired) electrons. The summed E-state index contributed by atoms with van der Waals surface area (Å²) in [5.41, 5.74) is 0.886. The first kappa shape index (κ1) is 9.65. The number of aromatic nitrogens is 1. The van der Waals surface area contributed by atoms with Gasteiger partial charge in [0, 0.05) is 12.1 Å². The number of halogens is 1. The highest BCUT2D eigenvalue weighted by atomic mass is 19.1. The molecule has 2 rings (SSSR count). The molecule has 14 heavy (non-hydrogen) atoms. The van der Waals surface area contributed by atoms with Crippen molar-refractivity contribution in [1.82, 2.24) is 10.1 Å². The molecule has 0 amide bonds. The monoisotopic (exact) mass is 198 g/mol. The predicted molar refractivity (Wildman–Crippen MR) is 50.7 cm³/mol. The van der Waals surface area contributed by atoms with Gasteiger partial charge >= 0.3 is 0 Å². The van der Waals surface area contributed by atoms with Crippen LogP contribution in [0.4, 0.5) is 4.39 Å². The number of rotatable bonds is 2. The number of aryl methyl sites for hydroxylation is 1. The Morgan fingerprint density at radius 3 is 2.93 bits per heavy atom. The molecule has 78 valence electrons. The van der Waals surface area contributed by atoms with Gasteiger partial charge in [0.05, 0.1) is 11.7 Å². The second-order valence-corrected chi connectivity index (χ2v) is 3.94. The number of hydrogen-bond donors (Lipinski definition) is 0. The smallest absolute Gasteiger partial charge is 0.154 e. The second kappa shape index (κ2) is 3.69. The van der Waals surface area contributed by atoms with Gasteiger partial charge in [-0.1, -0.05) is 5.16 Å². The van der Waals surface area contributed by atoms with Gasteiger partial charge in [-0.3, -0.25) is 4.90 Å². The summed E-state index contributed by atoms with van der Waals surface area (Å²) in [6.07, 6.45) is 1.86. The van der Waals surface area contributed by atoms with Crippen LogP contribution in [0.3, 0.4) is 0 Å². The van der Waals surface area contributed by atoms with Gasteiger partial charge in [-0.2, -0.15) is 0 Å². The van der Waals surface area contributed by atoms with E-state index in [-0.39, 0.29) is 18.8 Å². The lowest BCUT2D eigenvalue weighted by atomic mass is 10.1. The summed E-state index contributed by atoms with van der Waals surface area (Å²) < 4.78 is 17.8. The molecule has 0 bridgehead atoms. The third-order valence-corrected chi connectivity index (χ3v) is 2.99. The first-order valence-corrected chi connectivity index (χ1v) is 4.93. The summed E-state index contributed by atoms with van der Waals surface area (Å²) in [6.45, 7) is 1.62. The van der Waals surface area contributed by atoms with Crippen LogP contribution in [0.2, 0.25) is 0 Å². The van der Waals surface area contributed by atoms with Crippen LogP contribution in [0.1, 0.15) is 30.3 Å². The van der Waals surface area contributed by atoms with E-state index >= 15 is 0 Å². The molecule has 0 unspecified atom stereocenters. The molecule has 2 heterocycles. The third kappa shape index (κ3) is 1.54. The van der Waals surface area contributed by atoms with Crippen LogP contribution in [-0.2, 0) is 0 Å². The maximum atomic E-state index is 12.6. The van der Waals surface area contributed by atoms with Gasteiger partial charge in [0.1, 0.15) is 6.67 Å². The van der Waals surface area contributed by atoms with Crippen LogP contribution in [0.25, 0.3) is 0 Å². The molecule has 0 aromatic carbocycles. The van der Waals surface area contributed by atoms with Crippen molar-refractivity contribution >= 4 is 0 Å². The molecule has 0 aliphatic carbocycles. The molecule has 1 aliphatic heterocycles. The maximum absolute atomic E-state index is 12.6. The van der Waals surface area contributed by atoms with Crippen molar-refractivity contribution in [2.45, 2.75) is 31.8 Å². The standard InChI is InChI=1S/C10H15FN2O/c1-7-5-10(14-12-7)9-4-3-8(6-11)13(9)2/h5,8-9H,3-4,6H2,1-2H3/t8-,9-/m0/s1. The quantitative estimate of drug-likeness (QED) is 0.728. The van der Waals surface area contributed by atoms with Gasteiger partial charge < -0.3 is 4.52 Å². The molecular formula is C10H15FN2O. The lowest BCUT2D eigenvalue weighted by Gasteiger charge is -2.21. The summed E-state index contributed by atoms with van der Waals surface area (Å²) in [6, 6.07) is 2.18. The normalized spacial score (nSPS) is 28.5. The molecule has 1 aromatic rings. The van der Waals surface area contributed by atoms with Crippen LogP contribution >= 0.6 is 0 Å². The molecule has 3 nitrogen and oxygen atoms in total. The average Bonchev–Trinajstić information content (AvgIpc) is 2.72. The van der Waals surface area contributed by atoms with Gasteiger partial charge in [-0.15, -0.1) is 0 Å². The van der Waals surface area contributed by atoms with Gasteiger partial charge in [-0.25, -0.2) is 4.39 Å². The zero-order valence-electron chi connectivity index (χ0n) is 8.53. The first-order valence-electron chi connectivity index (χ1n) is 4.93. The number of alkyl halides is 1. The van der Waals surface area contributed by atoms with E-state index in [1.165, 1.54) is 0 Å². The van der Waals surface area contributed by atoms with Gasteiger partial charge in [-0.05, 0) is 26.8 Å². The summed E-state index contributed by atoms with van der Waals surface area (Å²) in [5, 5.41) is 3.85. The molecule has 0 saturated carbocycles. The Hall–Kier alpha value is -0.900. The van der Waals surface area contributed by atoms with Crippen LogP contribution in [-0.4, -0.2) is 29.8 Å². The molecule has 1 saturated heterocycles. The Morgan fingerprint density at radius 1 is 1.64 bits per heavy atom. The van der Waals surface area contributed by atoms with E-state index in [2.05, 4.69) is 5.16 Å². The Labute approximate surface area is 82.9 Å². The molecular weight excluding hydrogens is 183 g/mol. The predicted octanol–water partition coefficient (Wildman–Crippen LogP) is 2.09. The molecule has 1 aliphatic rings. The topological polar surface area (TPSA) is 29.3 Å². The molecule has 0 spiro atoms. The largest absolute Gasteiger partial charge is 0.359 e. The van der Waals surface area contributed by atoms with E-state index in [1.54, 1.807) is 0 Å². The Kier molecular flexibility index (Phi) is 2.54. The van der Waals surface area contributed by atoms with Crippen LogP contribution in [0, 0.1) is 6.92 Å². The molecule has 1 fully saturated rings. The van der Waals surface area contributed by atoms with Crippen molar-refractivity contribution in [3.05, 3.63) is 17.5 Å². The average molecular weight is 198 g/mol. The fraction of sp³-hybridized carbons (Fsp3) is 0.700. The highest BCUT2D eigenvalue weighted by molar-refractivity contribution is 5.10. The number of hydrogen-bond acceptors (Lipinski definition) is 3. The Morgan fingerprint density at radius 2 is 2.43 bits per heavy atom. The number of likely N-dealkylation sites (tertiary alicyclic amines) is 1. The highest BCUT2D eigenvalue weighted by Gasteiger charge is 2.33. The van der Waals surface area contributed by atoms with E-state index in [9.17, 15) is 4.39 Å². The van der Waals surface area contributed by atoms with Crippen LogP contribution in [0.15, 0.2) is 10.6 Å². The zero-order chi connectivity index (χ0) is 10.1. The summed E-state index contributed by atoms with van der Waals surface area (Å²) >= 11 is 0. The molecule has 1 aromatic heterocycles. The van der Waals surface area contributed by atoms with Crippen LogP contribution in [0.5, 0.6) is 0 Å². The van der Waals surface area contributed by atoms with Crippen molar-refractivity contribution < 1.29 is 8.91 Å².